The van der Waals surface area contributed by atoms with E-state index in [1.165, 1.54) is 0 Å². The maximum atomic E-state index is 11.3. The van der Waals surface area contributed by atoms with Crippen LogP contribution in [0.2, 0.25) is 0 Å². The van der Waals surface area contributed by atoms with Crippen LogP contribution < -0.4 is 0 Å². The highest BCUT2D eigenvalue weighted by Gasteiger charge is 2.29. The van der Waals surface area contributed by atoms with Gasteiger partial charge in [0.2, 0.25) is 0 Å². The van der Waals surface area contributed by atoms with Crippen LogP contribution in [0.5, 0.6) is 0 Å². The molecule has 0 unspecified atom stereocenters. The number of carbonyl (C=O) groups is 1. The van der Waals surface area contributed by atoms with Crippen LogP contribution in [0.25, 0.3) is 5.69 Å². The number of aryl methyl sites for hydroxylation is 1. The molecule has 0 spiro atoms. The molecule has 6 heteroatoms. The van der Waals surface area contributed by atoms with Crippen molar-refractivity contribution in [2.75, 3.05) is 19.8 Å². The molecule has 3 rings (SSSR count). The molecule has 1 aliphatic heterocycles. The van der Waals surface area contributed by atoms with Gasteiger partial charge >= 0.3 is 5.97 Å². The molecular formula is C16H19N3O3. The Balaban J connectivity index is 1.77. The van der Waals surface area contributed by atoms with E-state index in [1.54, 1.807) is 6.20 Å². The van der Waals surface area contributed by atoms with Crippen molar-refractivity contribution in [2.24, 2.45) is 0 Å². The second-order valence-corrected chi connectivity index (χ2v) is 5.48. The van der Waals surface area contributed by atoms with Crippen molar-refractivity contribution in [3.63, 3.8) is 0 Å². The Morgan fingerprint density at radius 2 is 2.27 bits per heavy atom. The van der Waals surface area contributed by atoms with E-state index in [2.05, 4.69) is 5.10 Å². The lowest BCUT2D eigenvalue weighted by Crippen LogP contribution is -2.49. The first-order chi connectivity index (χ1) is 10.6. The lowest BCUT2D eigenvalue weighted by molar-refractivity contribution is -0.150. The fourth-order valence-electron chi connectivity index (χ4n) is 2.68. The summed E-state index contributed by atoms with van der Waals surface area (Å²) in [6, 6.07) is 7.44. The number of aliphatic carboxylic acids is 1. The van der Waals surface area contributed by atoms with Gasteiger partial charge in [0.15, 0.2) is 0 Å². The summed E-state index contributed by atoms with van der Waals surface area (Å²) in [6.07, 6.45) is 3.75. The molecular weight excluding hydrogens is 282 g/mol. The normalized spacial score (nSPS) is 19.2. The summed E-state index contributed by atoms with van der Waals surface area (Å²) in [5.74, 6) is -0.842. The highest BCUT2D eigenvalue weighted by atomic mass is 16.5. The van der Waals surface area contributed by atoms with Crippen LogP contribution in [0.1, 0.15) is 11.1 Å². The van der Waals surface area contributed by atoms with E-state index in [1.807, 2.05) is 47.0 Å². The average Bonchev–Trinajstić information content (AvgIpc) is 2.96. The summed E-state index contributed by atoms with van der Waals surface area (Å²) in [6.45, 7) is 4.02. The minimum Gasteiger partial charge on any atom is -0.480 e. The first kappa shape index (κ1) is 14.7. The van der Waals surface area contributed by atoms with Crippen molar-refractivity contribution in [2.45, 2.75) is 19.5 Å². The molecule has 1 atom stereocenters. The lowest BCUT2D eigenvalue weighted by atomic mass is 10.2. The molecule has 2 aromatic rings. The molecule has 22 heavy (non-hydrogen) atoms. The van der Waals surface area contributed by atoms with E-state index < -0.39 is 12.0 Å². The molecule has 116 valence electrons. The highest BCUT2D eigenvalue weighted by Crippen LogP contribution is 2.16. The van der Waals surface area contributed by atoms with Crippen molar-refractivity contribution in [1.82, 2.24) is 14.7 Å². The minimum absolute atomic E-state index is 0.237. The Hall–Kier alpha value is -2.18. The van der Waals surface area contributed by atoms with Gasteiger partial charge in [0.05, 0.1) is 25.1 Å². The van der Waals surface area contributed by atoms with E-state index in [0.717, 1.165) is 16.8 Å². The number of carboxylic acid groups (broad SMARTS) is 1. The average molecular weight is 301 g/mol. The zero-order valence-corrected chi connectivity index (χ0v) is 12.5. The zero-order valence-electron chi connectivity index (χ0n) is 12.5. The van der Waals surface area contributed by atoms with Gasteiger partial charge in [0, 0.05) is 24.8 Å². The molecule has 0 bridgehead atoms. The molecule has 1 saturated heterocycles. The van der Waals surface area contributed by atoms with Crippen molar-refractivity contribution in [3.05, 3.63) is 47.8 Å². The van der Waals surface area contributed by atoms with Gasteiger partial charge in [-0.1, -0.05) is 18.2 Å². The molecule has 6 nitrogen and oxygen atoms in total. The lowest BCUT2D eigenvalue weighted by Gasteiger charge is -2.32. The van der Waals surface area contributed by atoms with Gasteiger partial charge in [-0.15, -0.1) is 0 Å². The maximum absolute atomic E-state index is 11.3. The Labute approximate surface area is 128 Å². The van der Waals surface area contributed by atoms with Gasteiger partial charge in [-0.05, 0) is 18.6 Å². The number of para-hydroxylation sites is 1. The monoisotopic (exact) mass is 301 g/mol. The Morgan fingerprint density at radius 1 is 1.45 bits per heavy atom. The highest BCUT2D eigenvalue weighted by molar-refractivity contribution is 5.73. The molecule has 0 radical (unpaired) electrons. The van der Waals surface area contributed by atoms with Crippen LogP contribution in [0.3, 0.4) is 0 Å². The fourth-order valence-corrected chi connectivity index (χ4v) is 2.68. The van der Waals surface area contributed by atoms with Crippen molar-refractivity contribution in [3.8, 4) is 5.69 Å². The van der Waals surface area contributed by atoms with E-state index in [-0.39, 0.29) is 6.61 Å². The predicted octanol–water partition coefficient (Wildman–Crippen LogP) is 1.47. The van der Waals surface area contributed by atoms with Crippen molar-refractivity contribution < 1.29 is 14.6 Å². The molecule has 0 aliphatic carbocycles. The van der Waals surface area contributed by atoms with Crippen molar-refractivity contribution >= 4 is 5.97 Å². The third kappa shape index (κ3) is 3.03. The van der Waals surface area contributed by atoms with Gasteiger partial charge < -0.3 is 9.84 Å². The van der Waals surface area contributed by atoms with Gasteiger partial charge in [-0.2, -0.15) is 5.10 Å². The summed E-state index contributed by atoms with van der Waals surface area (Å²) in [5, 5.41) is 13.7. The number of benzene rings is 1. The molecule has 1 aromatic carbocycles. The molecule has 1 fully saturated rings. The summed E-state index contributed by atoms with van der Waals surface area (Å²) >= 11 is 0. The van der Waals surface area contributed by atoms with Crippen LogP contribution in [0, 0.1) is 6.92 Å². The SMILES string of the molecule is Cc1ccccc1-n1cc(CN2CCOC[C@@H]2C(=O)O)cn1. The third-order valence-corrected chi connectivity index (χ3v) is 3.91. The quantitative estimate of drug-likeness (QED) is 0.926. The van der Waals surface area contributed by atoms with Gasteiger partial charge in [-0.25, -0.2) is 4.68 Å². The van der Waals surface area contributed by atoms with Gasteiger partial charge in [-0.3, -0.25) is 9.69 Å². The zero-order chi connectivity index (χ0) is 15.5. The second kappa shape index (κ2) is 6.29. The first-order valence-corrected chi connectivity index (χ1v) is 7.29. The predicted molar refractivity (Wildman–Crippen MR) is 81.0 cm³/mol. The molecule has 0 amide bonds. The number of nitrogens with zero attached hydrogens (tertiary/aromatic N) is 3. The number of hydrogen-bond acceptors (Lipinski definition) is 4. The number of morpholine rings is 1. The Bertz CT molecular complexity index is 668. The Kier molecular flexibility index (Phi) is 4.22. The minimum atomic E-state index is -0.842. The van der Waals surface area contributed by atoms with Crippen LogP contribution in [-0.2, 0) is 16.1 Å². The third-order valence-electron chi connectivity index (χ3n) is 3.91. The number of carboxylic acids is 1. The van der Waals surface area contributed by atoms with E-state index in [9.17, 15) is 9.90 Å². The molecule has 2 heterocycles. The van der Waals surface area contributed by atoms with Crippen LogP contribution in [-0.4, -0.2) is 51.6 Å². The fraction of sp³-hybridized carbons (Fsp3) is 0.375. The Morgan fingerprint density at radius 3 is 3.05 bits per heavy atom. The summed E-state index contributed by atoms with van der Waals surface area (Å²) in [5.41, 5.74) is 3.17. The number of ether oxygens (including phenoxy) is 1. The molecule has 0 saturated carbocycles. The van der Waals surface area contributed by atoms with Gasteiger partial charge in [0.25, 0.3) is 0 Å². The molecule has 1 N–H and O–H groups in total. The van der Waals surface area contributed by atoms with Crippen LogP contribution in [0.15, 0.2) is 36.7 Å². The second-order valence-electron chi connectivity index (χ2n) is 5.48. The maximum Gasteiger partial charge on any atom is 0.323 e. The van der Waals surface area contributed by atoms with E-state index in [4.69, 9.17) is 4.74 Å². The standard InChI is InChI=1S/C16H19N3O3/c1-12-4-2-3-5-14(12)19-10-13(8-17-19)9-18-6-7-22-11-15(18)16(20)21/h2-5,8,10,15H,6-7,9,11H2,1H3,(H,20,21)/t15-/m1/s1. The summed E-state index contributed by atoms with van der Waals surface area (Å²) in [7, 11) is 0. The van der Waals surface area contributed by atoms with Crippen molar-refractivity contribution in [1.29, 1.82) is 0 Å². The number of rotatable bonds is 4. The number of hydrogen-bond donors (Lipinski definition) is 1. The first-order valence-electron chi connectivity index (χ1n) is 7.29. The van der Waals surface area contributed by atoms with Crippen LogP contribution >= 0.6 is 0 Å². The van der Waals surface area contributed by atoms with Crippen LogP contribution in [0.4, 0.5) is 0 Å². The molecule has 1 aromatic heterocycles. The summed E-state index contributed by atoms with van der Waals surface area (Å²) in [4.78, 5) is 13.2. The topological polar surface area (TPSA) is 67.6 Å². The number of aromatic nitrogens is 2. The molecule has 1 aliphatic rings. The largest absolute Gasteiger partial charge is 0.480 e. The van der Waals surface area contributed by atoms with Gasteiger partial charge in [0.1, 0.15) is 6.04 Å². The van der Waals surface area contributed by atoms with E-state index in [0.29, 0.717) is 19.7 Å². The summed E-state index contributed by atoms with van der Waals surface area (Å²) < 4.78 is 7.09. The smallest absolute Gasteiger partial charge is 0.323 e. The van der Waals surface area contributed by atoms with E-state index >= 15 is 0 Å².